The van der Waals surface area contributed by atoms with Crippen LogP contribution in [-0.4, -0.2) is 199 Å². The van der Waals surface area contributed by atoms with Crippen molar-refractivity contribution in [3.05, 3.63) is 135 Å². The molecule has 119 heavy (non-hydrogen) atoms. The molecule has 0 amide bonds. The predicted molar refractivity (Wildman–Crippen MR) is 429 cm³/mol. The fourth-order valence-electron chi connectivity index (χ4n) is 9.53. The summed E-state index contributed by atoms with van der Waals surface area (Å²) < 4.78 is 264. The highest BCUT2D eigenvalue weighted by molar-refractivity contribution is 7.99. The van der Waals surface area contributed by atoms with E-state index < -0.39 is 161 Å². The number of azo groups is 4. The molecule has 3 aromatic heterocycles. The lowest BCUT2D eigenvalue weighted by Gasteiger charge is -2.14. The molecule has 0 radical (unpaired) electrons. The van der Waals surface area contributed by atoms with Crippen LogP contribution >= 0.6 is 23.5 Å². The Morgan fingerprint density at radius 1 is 0.555 bits per heavy atom. The first-order valence-electron chi connectivity index (χ1n) is 32.2. The van der Waals surface area contributed by atoms with Crippen LogP contribution in [0.15, 0.2) is 164 Å². The summed E-state index contributed by atoms with van der Waals surface area (Å²) in [5.74, 6) is -4.74. The molecule has 10 N–H and O–H groups in total. The summed E-state index contributed by atoms with van der Waals surface area (Å²) >= 11 is 1.96. The molecule has 3 heterocycles. The maximum atomic E-state index is 12.6. The van der Waals surface area contributed by atoms with Crippen LogP contribution in [0, 0.1) is 42.2 Å². The third-order valence-electron chi connectivity index (χ3n) is 14.5. The van der Waals surface area contributed by atoms with E-state index >= 15 is 0 Å². The van der Waals surface area contributed by atoms with Gasteiger partial charge in [-0.15, -0.1) is 79.5 Å². The number of nitro groups is 1. The van der Waals surface area contributed by atoms with Crippen molar-refractivity contribution in [1.82, 2.24) is 24.3 Å². The number of benzene rings is 6. The van der Waals surface area contributed by atoms with Crippen LogP contribution in [0.3, 0.4) is 0 Å². The second kappa shape index (κ2) is 43.6. The number of nitrogens with zero attached hydrogens (tertiary/aromatic N) is 15. The Balaban J connectivity index is 0.00000198. The van der Waals surface area contributed by atoms with E-state index in [2.05, 4.69) is 87.6 Å². The van der Waals surface area contributed by atoms with Gasteiger partial charge in [-0.2, -0.15) is 80.9 Å². The van der Waals surface area contributed by atoms with Crippen molar-refractivity contribution in [3.63, 3.8) is 0 Å². The van der Waals surface area contributed by atoms with Crippen LogP contribution < -0.4 is 20.7 Å². The number of aromatic nitrogens is 5. The van der Waals surface area contributed by atoms with Gasteiger partial charge in [0.25, 0.3) is 66.4 Å². The van der Waals surface area contributed by atoms with E-state index in [1.165, 1.54) is 52.9 Å². The number of methoxy groups -OCH3 is 1. The van der Waals surface area contributed by atoms with Gasteiger partial charge in [-0.1, -0.05) is 25.6 Å². The second-order valence-electron chi connectivity index (χ2n) is 23.3. The largest absolute Gasteiger partial charge is 0.493 e. The van der Waals surface area contributed by atoms with E-state index in [4.69, 9.17) is 30.0 Å². The Labute approximate surface area is 688 Å². The smallest absolute Gasteiger partial charge is 0.425 e. The molecule has 47 nitrogen and oxygen atoms in total. The standard InChI is InChI=1S/C59H58N18O22S8.C2H6O.CH4.2O3S/c1-33-24-46(72-75-54-35(3)39(32-60)55-63-40-12-4-5-13-49(40)76(55)56(54)78)50(99-17-7-20-102(81,82)83)29-42(33)69-73-47-25-34(2)43(30-51(47)100-18-8-21-103(84,85)86)70-74-48-28-44(64-59-66-57(61-16-23-105(90,91)92)65-58(67-59)62-36-10-6-11-38(26-36)106(93,94)95)45(31-52(48)101-19-9-22-104(87,88)89)71-68-41-15-14-37(77(79)80)27-53(41)107(96,97)98;1-3-2;;2*1-4(2)3/h4-6,10-15,24-31,78H,7-9,16-23H2,1-3H3,(H,81,82,83)(H,84,85,86)(H,87,88,89)(H,90,91,92)(H,93,94,95)(H,96,97,98)(H3,61,62,64,65,66,67);1-2H3;1H4;;. The molecule has 0 spiro atoms. The summed E-state index contributed by atoms with van der Waals surface area (Å²) in [6, 6.07) is 24.2. The van der Waals surface area contributed by atoms with E-state index in [0.29, 0.717) is 28.2 Å². The zero-order chi connectivity index (χ0) is 87.8. The van der Waals surface area contributed by atoms with E-state index in [1.54, 1.807) is 59.3 Å². The summed E-state index contributed by atoms with van der Waals surface area (Å²) in [7, 11) is -31.0. The summed E-state index contributed by atoms with van der Waals surface area (Å²) in [6.07, 6.45) is -0.489. The van der Waals surface area contributed by atoms with Crippen molar-refractivity contribution in [1.29, 1.82) is 5.26 Å². The minimum atomic E-state index is -5.27. The Bertz CT molecular complexity index is 6430. The normalized spacial score (nSPS) is 11.9. The number of hydrogen-bond donors (Lipinski definition) is 10. The average Bonchev–Trinajstić information content (AvgIpc) is 1.61. The molecule has 57 heteroatoms. The van der Waals surface area contributed by atoms with Crippen molar-refractivity contribution in [2.45, 2.75) is 67.0 Å². The molecule has 0 saturated carbocycles. The van der Waals surface area contributed by atoms with Gasteiger partial charge in [0, 0.05) is 60.0 Å². The van der Waals surface area contributed by atoms with Crippen LogP contribution in [0.25, 0.3) is 16.7 Å². The molecule has 0 unspecified atom stereocenters. The van der Waals surface area contributed by atoms with E-state index in [-0.39, 0.29) is 128 Å². The van der Waals surface area contributed by atoms with Crippen LogP contribution in [0.5, 0.6) is 11.6 Å². The minimum absolute atomic E-state index is 0. The Morgan fingerprint density at radius 3 is 1.59 bits per heavy atom. The molecule has 0 aliphatic carbocycles. The topological polar surface area (TPSA) is 725 Å². The highest BCUT2D eigenvalue weighted by Crippen LogP contribution is 2.46. The molecule has 0 atom stereocenters. The third kappa shape index (κ3) is 32.0. The molecule has 0 saturated heterocycles. The SMILES string of the molecule is C.COC.Cc1cc(N=Nc2c(C)c(C#N)c3nc4ccccc4n3c2O)c(OCCCS(=O)(=O)O)cc1N=Nc1cc(C)c(N=Nc2cc(Nc3nc(NCCS(=O)(=O)O)nc(Nc4cccc(S(=O)(=O)O)c4)n3)c(N=Nc3ccc([N+](=O)[O-])cc3S(=O)(=O)O)cc2SCCCS(=O)(=O)O)cc1SCCCS(=O)(=O)O.O=S(=O)=O.O=S(=O)=O. The number of fused-ring (bicyclic) bond motifs is 3. The molecule has 9 rings (SSSR count). The maximum absolute atomic E-state index is 12.6. The minimum Gasteiger partial charge on any atom is -0.493 e. The van der Waals surface area contributed by atoms with Gasteiger partial charge < -0.3 is 30.5 Å². The van der Waals surface area contributed by atoms with Gasteiger partial charge >= 0.3 is 21.2 Å². The maximum Gasteiger partial charge on any atom is 0.425 e. The fourth-order valence-corrected chi connectivity index (χ4v) is 14.8. The van der Waals surface area contributed by atoms with E-state index in [0.717, 1.165) is 47.8 Å². The first kappa shape index (κ1) is 98.5. The number of ether oxygens (including phenoxy) is 2. The van der Waals surface area contributed by atoms with Crippen LogP contribution in [0.2, 0.25) is 0 Å². The second-order valence-corrected chi connectivity index (χ2v) is 35.5. The molecule has 9 aromatic rings. The number of aryl methyl sites for hydroxylation is 2. The molecular formula is C62H68N18O29S10. The number of nitriles is 1. The van der Waals surface area contributed by atoms with E-state index in [1.807, 2.05) is 0 Å². The molecule has 6 aromatic carbocycles. The highest BCUT2D eigenvalue weighted by Gasteiger charge is 2.25. The Kier molecular flexibility index (Phi) is 36.1. The summed E-state index contributed by atoms with van der Waals surface area (Å²) in [6.45, 7) is 3.92. The molecule has 0 aliphatic rings. The number of pyridine rings is 1. The monoisotopic (exact) mass is 1850 g/mol. The van der Waals surface area contributed by atoms with Gasteiger partial charge in [-0.3, -0.25) is 41.8 Å². The lowest BCUT2D eigenvalue weighted by molar-refractivity contribution is -0.385. The average molecular weight is 1850 g/mol. The van der Waals surface area contributed by atoms with Crippen LogP contribution in [0.4, 0.5) is 80.4 Å². The van der Waals surface area contributed by atoms with E-state index in [9.17, 15) is 98.3 Å². The van der Waals surface area contributed by atoms with Crippen molar-refractivity contribution in [2.24, 2.45) is 40.9 Å². The number of hydrogen-bond acceptors (Lipinski definition) is 41. The first-order chi connectivity index (χ1) is 55.1. The molecule has 640 valence electrons. The number of non-ortho nitro benzene ring substituents is 1. The summed E-state index contributed by atoms with van der Waals surface area (Å²) in [5, 5.41) is 76.9. The number of rotatable bonds is 34. The van der Waals surface area contributed by atoms with Crippen molar-refractivity contribution < 1.29 is 123 Å². The quantitative estimate of drug-likeness (QED) is 0.00447. The number of aromatic hydroxyl groups is 1. The molecular weight excluding hydrogens is 1780 g/mol. The Morgan fingerprint density at radius 2 is 1.04 bits per heavy atom. The van der Waals surface area contributed by atoms with Crippen LogP contribution in [0.1, 0.15) is 48.9 Å². The summed E-state index contributed by atoms with van der Waals surface area (Å²) in [4.78, 5) is 26.8. The van der Waals surface area contributed by atoms with Gasteiger partial charge in [-0.05, 0) is 129 Å². The van der Waals surface area contributed by atoms with Gasteiger partial charge in [0.15, 0.2) is 11.3 Å². The number of nitrogens with one attached hydrogen (secondary N) is 3. The highest BCUT2D eigenvalue weighted by atomic mass is 32.2. The Hall–Kier alpha value is -11.1. The lowest BCUT2D eigenvalue weighted by Crippen LogP contribution is -2.17. The van der Waals surface area contributed by atoms with Gasteiger partial charge in [0.2, 0.25) is 23.7 Å². The van der Waals surface area contributed by atoms with Crippen molar-refractivity contribution >= 4 is 203 Å². The number of imidazole rings is 1. The number of anilines is 5. The predicted octanol–water partition coefficient (Wildman–Crippen LogP) is 11.3. The molecule has 0 bridgehead atoms. The first-order valence-corrected chi connectivity index (χ1v) is 45.5. The zero-order valence-electron chi connectivity index (χ0n) is 61.0. The van der Waals surface area contributed by atoms with Gasteiger partial charge in [0.1, 0.15) is 45.0 Å². The number of thioether (sulfide) groups is 2. The molecule has 0 aliphatic heterocycles. The van der Waals surface area contributed by atoms with Crippen molar-refractivity contribution in [3.8, 4) is 17.7 Å². The fraction of sp³-hybridized carbons (Fsp3) is 0.274. The van der Waals surface area contributed by atoms with Gasteiger partial charge in [0.05, 0.1) is 73.2 Å². The number of nitro benzene ring substituents is 1. The van der Waals surface area contributed by atoms with Crippen LogP contribution in [-0.2, 0) is 86.7 Å². The molecule has 0 fully saturated rings. The zero-order valence-corrected chi connectivity index (χ0v) is 69.2. The van der Waals surface area contributed by atoms with Crippen molar-refractivity contribution in [2.75, 3.05) is 77.8 Å². The number of para-hydroxylation sites is 2. The van der Waals surface area contributed by atoms with Gasteiger partial charge in [-0.25, -0.2) is 4.98 Å². The summed E-state index contributed by atoms with van der Waals surface area (Å²) in [5.41, 5.74) is 0.316. The lowest BCUT2D eigenvalue weighted by atomic mass is 10.1. The third-order valence-corrected chi connectivity index (χ3v) is 21.6.